The Morgan fingerprint density at radius 3 is 2.20 bits per heavy atom. The van der Waals surface area contributed by atoms with Crippen LogP contribution in [0.1, 0.15) is 27.7 Å². The summed E-state index contributed by atoms with van der Waals surface area (Å²) < 4.78 is 0. The van der Waals surface area contributed by atoms with Gasteiger partial charge in [-0.25, -0.2) is 0 Å². The van der Waals surface area contributed by atoms with E-state index in [1.807, 2.05) is 20.8 Å². The summed E-state index contributed by atoms with van der Waals surface area (Å²) in [4.78, 5) is 36.5. The molecule has 2 atom stereocenters. The van der Waals surface area contributed by atoms with Gasteiger partial charge in [-0.2, -0.15) is 0 Å². The number of amides is 3. The Balaban J connectivity index is 4.18. The van der Waals surface area contributed by atoms with Crippen LogP contribution >= 0.6 is 0 Å². The minimum absolute atomic E-state index is 0.00299. The molecule has 0 aliphatic heterocycles. The molecular formula is C13H26N4O3. The molecule has 0 aliphatic rings. The standard InChI is InChI=1S/C13H26N4O3/c1-6-17(5)13(20)9(4)16-10(18)7-15-12(19)11(14)8(2)3/h8-9,11H,6-7,14H2,1-5H3,(H,15,19)(H,16,18)/t9?,11-/m0/s1. The number of carbonyl (C=O) groups is 3. The zero-order chi connectivity index (χ0) is 15.9. The monoisotopic (exact) mass is 286 g/mol. The van der Waals surface area contributed by atoms with Gasteiger partial charge < -0.3 is 21.3 Å². The Labute approximate surface area is 120 Å². The first kappa shape index (κ1) is 18.4. The Morgan fingerprint density at radius 1 is 1.20 bits per heavy atom. The number of rotatable bonds is 7. The topological polar surface area (TPSA) is 105 Å². The van der Waals surface area contributed by atoms with Crippen LogP contribution in [0.3, 0.4) is 0 Å². The van der Waals surface area contributed by atoms with Gasteiger partial charge in [-0.15, -0.1) is 0 Å². The molecule has 20 heavy (non-hydrogen) atoms. The normalized spacial score (nSPS) is 13.6. The number of nitrogens with one attached hydrogen (secondary N) is 2. The van der Waals surface area contributed by atoms with Crippen molar-refractivity contribution in [2.24, 2.45) is 11.7 Å². The highest BCUT2D eigenvalue weighted by Gasteiger charge is 2.20. The minimum Gasteiger partial charge on any atom is -0.346 e. The van der Waals surface area contributed by atoms with Crippen LogP contribution in [0.25, 0.3) is 0 Å². The van der Waals surface area contributed by atoms with Crippen LogP contribution in [-0.4, -0.2) is 54.8 Å². The van der Waals surface area contributed by atoms with Gasteiger partial charge in [0.25, 0.3) is 0 Å². The molecule has 116 valence electrons. The van der Waals surface area contributed by atoms with E-state index in [1.165, 1.54) is 4.90 Å². The molecule has 0 aromatic rings. The molecule has 1 unspecified atom stereocenters. The molecule has 4 N–H and O–H groups in total. The van der Waals surface area contributed by atoms with Gasteiger partial charge in [-0.05, 0) is 19.8 Å². The van der Waals surface area contributed by atoms with Gasteiger partial charge in [0.1, 0.15) is 6.04 Å². The van der Waals surface area contributed by atoms with Crippen molar-refractivity contribution >= 4 is 17.7 Å². The molecule has 3 amide bonds. The molecule has 0 saturated carbocycles. The number of hydrogen-bond acceptors (Lipinski definition) is 4. The lowest BCUT2D eigenvalue weighted by molar-refractivity contribution is -0.134. The lowest BCUT2D eigenvalue weighted by atomic mass is 10.1. The molecule has 0 aromatic carbocycles. The average Bonchev–Trinajstić information content (AvgIpc) is 2.41. The van der Waals surface area contributed by atoms with Gasteiger partial charge in [-0.1, -0.05) is 13.8 Å². The predicted octanol–water partition coefficient (Wildman–Crippen LogP) is -0.931. The van der Waals surface area contributed by atoms with E-state index in [4.69, 9.17) is 5.73 Å². The maximum absolute atomic E-state index is 11.7. The lowest BCUT2D eigenvalue weighted by Gasteiger charge is -2.21. The Kier molecular flexibility index (Phi) is 7.83. The van der Waals surface area contributed by atoms with Gasteiger partial charge in [0.2, 0.25) is 17.7 Å². The van der Waals surface area contributed by atoms with E-state index >= 15 is 0 Å². The van der Waals surface area contributed by atoms with Gasteiger partial charge in [0, 0.05) is 13.6 Å². The SMILES string of the molecule is CCN(C)C(=O)C(C)NC(=O)CNC(=O)[C@@H](N)C(C)C. The maximum atomic E-state index is 11.7. The van der Waals surface area contributed by atoms with E-state index in [0.29, 0.717) is 6.54 Å². The Morgan fingerprint density at radius 2 is 1.75 bits per heavy atom. The number of nitrogens with zero attached hydrogens (tertiary/aromatic N) is 1. The third-order valence-electron chi connectivity index (χ3n) is 3.04. The van der Waals surface area contributed by atoms with E-state index in [9.17, 15) is 14.4 Å². The second-order valence-corrected chi connectivity index (χ2v) is 5.13. The van der Waals surface area contributed by atoms with Crippen LogP contribution in [-0.2, 0) is 14.4 Å². The van der Waals surface area contributed by atoms with Gasteiger partial charge in [-0.3, -0.25) is 14.4 Å². The van der Waals surface area contributed by atoms with Crippen LogP contribution in [0.15, 0.2) is 0 Å². The molecule has 0 aromatic heterocycles. The highest BCUT2D eigenvalue weighted by atomic mass is 16.2. The molecule has 0 fully saturated rings. The maximum Gasteiger partial charge on any atom is 0.244 e. The van der Waals surface area contributed by atoms with Gasteiger partial charge >= 0.3 is 0 Å². The zero-order valence-electron chi connectivity index (χ0n) is 12.9. The van der Waals surface area contributed by atoms with Gasteiger partial charge in [0.05, 0.1) is 12.6 Å². The first-order chi connectivity index (χ1) is 9.20. The first-order valence-electron chi connectivity index (χ1n) is 6.78. The van der Waals surface area contributed by atoms with Crippen molar-refractivity contribution in [2.45, 2.75) is 39.8 Å². The van der Waals surface area contributed by atoms with Crippen LogP contribution in [0.2, 0.25) is 0 Å². The number of hydrogen-bond donors (Lipinski definition) is 3. The second kappa shape index (κ2) is 8.52. The van der Waals surface area contributed by atoms with E-state index in [-0.39, 0.29) is 24.3 Å². The third kappa shape index (κ3) is 6.01. The third-order valence-corrected chi connectivity index (χ3v) is 3.04. The highest BCUT2D eigenvalue weighted by Crippen LogP contribution is 1.97. The molecule has 0 bridgehead atoms. The Hall–Kier alpha value is -1.63. The predicted molar refractivity (Wildman–Crippen MR) is 76.7 cm³/mol. The average molecular weight is 286 g/mol. The smallest absolute Gasteiger partial charge is 0.244 e. The summed E-state index contributed by atoms with van der Waals surface area (Å²) in [6.45, 7) is 7.48. The fraction of sp³-hybridized carbons (Fsp3) is 0.769. The summed E-state index contributed by atoms with van der Waals surface area (Å²) in [6.07, 6.45) is 0. The van der Waals surface area contributed by atoms with Crippen molar-refractivity contribution in [3.05, 3.63) is 0 Å². The fourth-order valence-corrected chi connectivity index (χ4v) is 1.43. The van der Waals surface area contributed by atoms with Crippen molar-refractivity contribution in [3.8, 4) is 0 Å². The molecule has 0 aliphatic carbocycles. The Bertz CT molecular complexity index is 358. The largest absolute Gasteiger partial charge is 0.346 e. The number of likely N-dealkylation sites (N-methyl/N-ethyl adjacent to an activating group) is 1. The molecule has 0 saturated heterocycles. The van der Waals surface area contributed by atoms with Crippen LogP contribution in [0, 0.1) is 5.92 Å². The zero-order valence-corrected chi connectivity index (χ0v) is 12.9. The minimum atomic E-state index is -0.645. The fourth-order valence-electron chi connectivity index (χ4n) is 1.43. The second-order valence-electron chi connectivity index (χ2n) is 5.13. The number of nitrogens with two attached hydrogens (primary N) is 1. The van der Waals surface area contributed by atoms with Crippen LogP contribution < -0.4 is 16.4 Å². The molecule has 0 heterocycles. The summed E-state index contributed by atoms with van der Waals surface area (Å²) in [5.74, 6) is -0.970. The molecule has 0 radical (unpaired) electrons. The van der Waals surface area contributed by atoms with E-state index in [2.05, 4.69) is 10.6 Å². The first-order valence-corrected chi connectivity index (χ1v) is 6.78. The number of carbonyl (C=O) groups excluding carboxylic acids is 3. The van der Waals surface area contributed by atoms with Crippen molar-refractivity contribution < 1.29 is 14.4 Å². The van der Waals surface area contributed by atoms with Crippen LogP contribution in [0.4, 0.5) is 0 Å². The van der Waals surface area contributed by atoms with Gasteiger partial charge in [0.15, 0.2) is 0 Å². The molecular weight excluding hydrogens is 260 g/mol. The van der Waals surface area contributed by atoms with E-state index in [0.717, 1.165) is 0 Å². The molecule has 7 heteroatoms. The lowest BCUT2D eigenvalue weighted by Crippen LogP contribution is -2.50. The highest BCUT2D eigenvalue weighted by molar-refractivity contribution is 5.90. The molecule has 0 spiro atoms. The van der Waals surface area contributed by atoms with Crippen molar-refractivity contribution in [3.63, 3.8) is 0 Å². The summed E-state index contributed by atoms with van der Waals surface area (Å²) >= 11 is 0. The van der Waals surface area contributed by atoms with Crippen molar-refractivity contribution in [2.75, 3.05) is 20.1 Å². The molecule has 7 nitrogen and oxygen atoms in total. The summed E-state index contributed by atoms with van der Waals surface area (Å²) in [6, 6.07) is -1.27. The summed E-state index contributed by atoms with van der Waals surface area (Å²) in [5, 5.41) is 4.98. The molecule has 0 rings (SSSR count). The summed E-state index contributed by atoms with van der Waals surface area (Å²) in [5.41, 5.74) is 5.65. The quantitative estimate of drug-likeness (QED) is 0.562. The van der Waals surface area contributed by atoms with E-state index < -0.39 is 18.0 Å². The van der Waals surface area contributed by atoms with Crippen molar-refractivity contribution in [1.29, 1.82) is 0 Å². The van der Waals surface area contributed by atoms with E-state index in [1.54, 1.807) is 14.0 Å². The van der Waals surface area contributed by atoms with Crippen molar-refractivity contribution in [1.82, 2.24) is 15.5 Å². The van der Waals surface area contributed by atoms with Crippen LogP contribution in [0.5, 0.6) is 0 Å². The summed E-state index contributed by atoms with van der Waals surface area (Å²) in [7, 11) is 1.66.